The molecule has 4 heteroatoms. The van der Waals surface area contributed by atoms with E-state index < -0.39 is 0 Å². The van der Waals surface area contributed by atoms with Crippen molar-refractivity contribution in [3.8, 4) is 5.75 Å². The average Bonchev–Trinajstić information content (AvgIpc) is 2.99. The number of ether oxygens (including phenoxy) is 1. The van der Waals surface area contributed by atoms with Gasteiger partial charge in [-0.3, -0.25) is 9.59 Å². The van der Waals surface area contributed by atoms with Crippen LogP contribution < -0.4 is 10.1 Å². The first kappa shape index (κ1) is 15.5. The molecule has 1 aliphatic rings. The lowest BCUT2D eigenvalue weighted by molar-refractivity contribution is -0.121. The molecule has 0 aliphatic heterocycles. The number of hydrogen-bond donors (Lipinski definition) is 1. The molecule has 1 saturated carbocycles. The molecule has 1 aromatic rings. The maximum atomic E-state index is 12.0. The lowest BCUT2D eigenvalue weighted by atomic mass is 10.1. The molecule has 21 heavy (non-hydrogen) atoms. The second-order valence-corrected chi connectivity index (χ2v) is 5.43. The number of ketones is 1. The molecule has 4 nitrogen and oxygen atoms in total. The Balaban J connectivity index is 1.76. The van der Waals surface area contributed by atoms with E-state index in [9.17, 15) is 9.59 Å². The molecule has 0 heterocycles. The highest BCUT2D eigenvalue weighted by molar-refractivity contribution is 5.98. The van der Waals surface area contributed by atoms with Crippen LogP contribution in [0.2, 0.25) is 0 Å². The van der Waals surface area contributed by atoms with Crippen LogP contribution in [0.25, 0.3) is 0 Å². The van der Waals surface area contributed by atoms with Crippen molar-refractivity contribution < 1.29 is 14.3 Å². The minimum Gasteiger partial charge on any atom is -0.494 e. The van der Waals surface area contributed by atoms with Gasteiger partial charge in [0.25, 0.3) is 0 Å². The summed E-state index contributed by atoms with van der Waals surface area (Å²) in [5.74, 6) is 0.744. The van der Waals surface area contributed by atoms with Crippen LogP contribution >= 0.6 is 0 Å². The van der Waals surface area contributed by atoms with Crippen LogP contribution in [-0.2, 0) is 4.79 Å². The van der Waals surface area contributed by atoms with Gasteiger partial charge in [-0.15, -0.1) is 0 Å². The Bertz CT molecular complexity index is 475. The fourth-order valence-corrected chi connectivity index (χ4v) is 2.65. The molecule has 0 bridgehead atoms. The van der Waals surface area contributed by atoms with Crippen LogP contribution in [0.1, 0.15) is 55.8 Å². The van der Waals surface area contributed by atoms with Crippen molar-refractivity contribution in [1.29, 1.82) is 0 Å². The first-order chi connectivity index (χ1) is 10.2. The summed E-state index contributed by atoms with van der Waals surface area (Å²) in [6.45, 7) is 2.52. The van der Waals surface area contributed by atoms with Gasteiger partial charge >= 0.3 is 0 Å². The molecular weight excluding hydrogens is 266 g/mol. The fraction of sp³-hybridized carbons (Fsp3) is 0.529. The summed E-state index contributed by atoms with van der Waals surface area (Å²) >= 11 is 0. The third-order valence-electron chi connectivity index (χ3n) is 3.79. The quantitative estimate of drug-likeness (QED) is 0.785. The van der Waals surface area contributed by atoms with Gasteiger partial charge in [-0.25, -0.2) is 0 Å². The number of carbonyl (C=O) groups excluding carboxylic acids is 2. The molecule has 1 aliphatic carbocycles. The monoisotopic (exact) mass is 289 g/mol. The Morgan fingerprint density at radius 1 is 1.14 bits per heavy atom. The summed E-state index contributed by atoms with van der Waals surface area (Å²) in [5.41, 5.74) is 0.632. The van der Waals surface area contributed by atoms with Gasteiger partial charge in [-0.1, -0.05) is 12.8 Å². The number of carbonyl (C=O) groups is 2. The minimum atomic E-state index is -0.0128. The Morgan fingerprint density at radius 3 is 2.43 bits per heavy atom. The number of benzene rings is 1. The Kier molecular flexibility index (Phi) is 5.78. The van der Waals surface area contributed by atoms with Gasteiger partial charge in [0, 0.05) is 24.4 Å². The van der Waals surface area contributed by atoms with Crippen molar-refractivity contribution >= 4 is 11.7 Å². The van der Waals surface area contributed by atoms with Crippen molar-refractivity contribution in [2.45, 2.75) is 51.5 Å². The molecule has 2 rings (SSSR count). The zero-order valence-corrected chi connectivity index (χ0v) is 12.6. The Labute approximate surface area is 125 Å². The normalized spacial score (nSPS) is 14.9. The zero-order chi connectivity index (χ0) is 15.1. The van der Waals surface area contributed by atoms with Crippen LogP contribution in [-0.4, -0.2) is 24.3 Å². The van der Waals surface area contributed by atoms with E-state index in [0.29, 0.717) is 18.2 Å². The van der Waals surface area contributed by atoms with E-state index in [1.54, 1.807) is 24.3 Å². The van der Waals surface area contributed by atoms with Gasteiger partial charge < -0.3 is 10.1 Å². The molecule has 1 aromatic carbocycles. The molecule has 0 atom stereocenters. The van der Waals surface area contributed by atoms with E-state index in [0.717, 1.165) is 18.6 Å². The summed E-state index contributed by atoms with van der Waals surface area (Å²) in [6, 6.07) is 7.40. The summed E-state index contributed by atoms with van der Waals surface area (Å²) in [4.78, 5) is 23.8. The third-order valence-corrected chi connectivity index (χ3v) is 3.79. The number of amides is 1. The minimum absolute atomic E-state index is 0.000351. The second kappa shape index (κ2) is 7.81. The van der Waals surface area contributed by atoms with Crippen molar-refractivity contribution in [3.63, 3.8) is 0 Å². The summed E-state index contributed by atoms with van der Waals surface area (Å²) in [6.07, 6.45) is 5.04. The zero-order valence-electron chi connectivity index (χ0n) is 12.6. The van der Waals surface area contributed by atoms with E-state index in [4.69, 9.17) is 4.74 Å². The molecule has 1 fully saturated rings. The van der Waals surface area contributed by atoms with E-state index in [-0.39, 0.29) is 24.5 Å². The predicted molar refractivity (Wildman–Crippen MR) is 81.6 cm³/mol. The van der Waals surface area contributed by atoms with Gasteiger partial charge in [0.05, 0.1) is 6.61 Å². The van der Waals surface area contributed by atoms with Crippen LogP contribution in [0.15, 0.2) is 24.3 Å². The van der Waals surface area contributed by atoms with E-state index in [2.05, 4.69) is 5.32 Å². The smallest absolute Gasteiger partial charge is 0.220 e. The van der Waals surface area contributed by atoms with Crippen molar-refractivity contribution in [2.75, 3.05) is 6.61 Å². The SMILES string of the molecule is CCOc1ccc(C(=O)CCC(=O)NC2CCCC2)cc1. The van der Waals surface area contributed by atoms with Crippen LogP contribution in [0.3, 0.4) is 0 Å². The lowest BCUT2D eigenvalue weighted by Crippen LogP contribution is -2.32. The fourth-order valence-electron chi connectivity index (χ4n) is 2.65. The number of hydrogen-bond acceptors (Lipinski definition) is 3. The van der Waals surface area contributed by atoms with Crippen LogP contribution in [0.5, 0.6) is 5.75 Å². The van der Waals surface area contributed by atoms with E-state index in [1.165, 1.54) is 12.8 Å². The Hall–Kier alpha value is -1.84. The van der Waals surface area contributed by atoms with Crippen LogP contribution in [0.4, 0.5) is 0 Å². The predicted octanol–water partition coefficient (Wildman–Crippen LogP) is 3.11. The average molecular weight is 289 g/mol. The highest BCUT2D eigenvalue weighted by atomic mass is 16.5. The van der Waals surface area contributed by atoms with E-state index in [1.807, 2.05) is 6.92 Å². The maximum absolute atomic E-state index is 12.0. The van der Waals surface area contributed by atoms with Gasteiger partial charge in [0.15, 0.2) is 5.78 Å². The first-order valence-corrected chi connectivity index (χ1v) is 7.74. The number of rotatable bonds is 7. The molecule has 0 aromatic heterocycles. The van der Waals surface area contributed by atoms with Gasteiger partial charge in [-0.2, -0.15) is 0 Å². The molecule has 0 radical (unpaired) electrons. The topological polar surface area (TPSA) is 55.4 Å². The number of nitrogens with one attached hydrogen (secondary N) is 1. The van der Waals surface area contributed by atoms with E-state index >= 15 is 0 Å². The summed E-state index contributed by atoms with van der Waals surface area (Å²) < 4.78 is 5.34. The summed E-state index contributed by atoms with van der Waals surface area (Å²) in [5, 5.41) is 3.00. The van der Waals surface area contributed by atoms with Gasteiger partial charge in [-0.05, 0) is 44.0 Å². The van der Waals surface area contributed by atoms with Gasteiger partial charge in [0.1, 0.15) is 5.75 Å². The van der Waals surface area contributed by atoms with Crippen molar-refractivity contribution in [2.24, 2.45) is 0 Å². The Morgan fingerprint density at radius 2 is 1.81 bits per heavy atom. The molecule has 1 amide bonds. The lowest BCUT2D eigenvalue weighted by Gasteiger charge is -2.11. The van der Waals surface area contributed by atoms with Gasteiger partial charge in [0.2, 0.25) is 5.91 Å². The highest BCUT2D eigenvalue weighted by Crippen LogP contribution is 2.18. The molecular formula is C17H23NO3. The second-order valence-electron chi connectivity index (χ2n) is 5.43. The molecule has 1 N–H and O–H groups in total. The largest absolute Gasteiger partial charge is 0.494 e. The molecule has 0 saturated heterocycles. The molecule has 0 unspecified atom stereocenters. The van der Waals surface area contributed by atoms with Crippen molar-refractivity contribution in [3.05, 3.63) is 29.8 Å². The third kappa shape index (κ3) is 4.88. The summed E-state index contributed by atoms with van der Waals surface area (Å²) in [7, 11) is 0. The maximum Gasteiger partial charge on any atom is 0.220 e. The highest BCUT2D eigenvalue weighted by Gasteiger charge is 2.17. The molecule has 0 spiro atoms. The van der Waals surface area contributed by atoms with Crippen LogP contribution in [0, 0.1) is 0 Å². The standard InChI is InChI=1S/C17H23NO3/c1-2-21-15-9-7-13(8-10-15)16(19)11-12-17(20)18-14-5-3-4-6-14/h7-10,14H,2-6,11-12H2,1H3,(H,18,20). The molecule has 114 valence electrons. The number of Topliss-reactive ketones (excluding diaryl/α,β-unsaturated/α-hetero) is 1. The first-order valence-electron chi connectivity index (χ1n) is 7.74. The van der Waals surface area contributed by atoms with Crippen molar-refractivity contribution in [1.82, 2.24) is 5.32 Å².